The Kier molecular flexibility index (Phi) is 4.04. The fraction of sp³-hybridized carbons (Fsp3) is 0.500. The quantitative estimate of drug-likeness (QED) is 0.653. The standard InChI is InChI=1S/C12H16ClN3O2/c13-10-2-1-3-11(12(10)16(17)18)15-9-6-4-8(14)5-7-9/h1-3,8-9,15H,4-7,14H2. The summed E-state index contributed by atoms with van der Waals surface area (Å²) in [6.07, 6.45) is 3.77. The van der Waals surface area contributed by atoms with E-state index in [0.29, 0.717) is 5.69 Å². The second-order valence-corrected chi connectivity index (χ2v) is 5.06. The zero-order valence-corrected chi connectivity index (χ0v) is 10.7. The van der Waals surface area contributed by atoms with Gasteiger partial charge in [0.15, 0.2) is 0 Å². The average Bonchev–Trinajstić information content (AvgIpc) is 2.32. The molecule has 98 valence electrons. The first-order valence-corrected chi connectivity index (χ1v) is 6.40. The van der Waals surface area contributed by atoms with E-state index >= 15 is 0 Å². The van der Waals surface area contributed by atoms with Crippen LogP contribution in [0.4, 0.5) is 11.4 Å². The lowest BCUT2D eigenvalue weighted by atomic mass is 9.91. The molecule has 0 atom stereocenters. The second-order valence-electron chi connectivity index (χ2n) is 4.65. The van der Waals surface area contributed by atoms with Crippen molar-refractivity contribution in [1.29, 1.82) is 0 Å². The summed E-state index contributed by atoms with van der Waals surface area (Å²) >= 11 is 5.86. The largest absolute Gasteiger partial charge is 0.377 e. The smallest absolute Gasteiger partial charge is 0.310 e. The van der Waals surface area contributed by atoms with Crippen LogP contribution in [0.2, 0.25) is 5.02 Å². The first-order valence-electron chi connectivity index (χ1n) is 6.03. The first kappa shape index (κ1) is 13.1. The van der Waals surface area contributed by atoms with E-state index in [4.69, 9.17) is 17.3 Å². The van der Waals surface area contributed by atoms with Crippen molar-refractivity contribution in [2.24, 2.45) is 5.73 Å². The molecule has 0 saturated heterocycles. The maximum atomic E-state index is 11.0. The lowest BCUT2D eigenvalue weighted by Gasteiger charge is -2.27. The van der Waals surface area contributed by atoms with E-state index < -0.39 is 4.92 Å². The van der Waals surface area contributed by atoms with Crippen LogP contribution in [-0.2, 0) is 0 Å². The minimum Gasteiger partial charge on any atom is -0.377 e. The van der Waals surface area contributed by atoms with Gasteiger partial charge in [0.1, 0.15) is 10.7 Å². The molecule has 2 rings (SSSR count). The van der Waals surface area contributed by atoms with Crippen molar-refractivity contribution < 1.29 is 4.92 Å². The van der Waals surface area contributed by atoms with Crippen LogP contribution in [0.3, 0.4) is 0 Å². The number of nitrogens with one attached hydrogen (secondary N) is 1. The van der Waals surface area contributed by atoms with Gasteiger partial charge in [0.05, 0.1) is 4.92 Å². The average molecular weight is 270 g/mol. The third-order valence-electron chi connectivity index (χ3n) is 3.30. The van der Waals surface area contributed by atoms with E-state index in [1.807, 2.05) is 0 Å². The van der Waals surface area contributed by atoms with Crippen molar-refractivity contribution in [3.8, 4) is 0 Å². The summed E-state index contributed by atoms with van der Waals surface area (Å²) in [7, 11) is 0. The molecule has 0 unspecified atom stereocenters. The van der Waals surface area contributed by atoms with E-state index in [2.05, 4.69) is 5.32 Å². The first-order chi connectivity index (χ1) is 8.58. The Hall–Kier alpha value is -1.33. The normalized spacial score (nSPS) is 23.7. The van der Waals surface area contributed by atoms with E-state index in [-0.39, 0.29) is 22.8 Å². The summed E-state index contributed by atoms with van der Waals surface area (Å²) in [5, 5.41) is 14.4. The second kappa shape index (κ2) is 5.54. The summed E-state index contributed by atoms with van der Waals surface area (Å²) in [4.78, 5) is 10.6. The van der Waals surface area contributed by atoms with Gasteiger partial charge in [-0.3, -0.25) is 10.1 Å². The Labute approximate surface area is 110 Å². The van der Waals surface area contributed by atoms with Gasteiger partial charge < -0.3 is 11.1 Å². The Balaban J connectivity index is 2.14. The van der Waals surface area contributed by atoms with Crippen molar-refractivity contribution in [1.82, 2.24) is 0 Å². The van der Waals surface area contributed by atoms with E-state index in [1.165, 1.54) is 6.07 Å². The minimum atomic E-state index is -0.445. The SMILES string of the molecule is NC1CCC(Nc2cccc(Cl)c2[N+](=O)[O-])CC1. The number of rotatable bonds is 3. The number of hydrogen-bond acceptors (Lipinski definition) is 4. The molecule has 1 aliphatic rings. The van der Waals surface area contributed by atoms with E-state index in [1.54, 1.807) is 12.1 Å². The monoisotopic (exact) mass is 269 g/mol. The van der Waals surface area contributed by atoms with Gasteiger partial charge in [0.25, 0.3) is 0 Å². The molecule has 0 bridgehead atoms. The Morgan fingerprint density at radius 3 is 2.61 bits per heavy atom. The summed E-state index contributed by atoms with van der Waals surface area (Å²) in [5.41, 5.74) is 6.28. The lowest BCUT2D eigenvalue weighted by Crippen LogP contribution is -2.32. The van der Waals surface area contributed by atoms with Gasteiger partial charge in [-0.1, -0.05) is 17.7 Å². The Bertz CT molecular complexity index is 445. The van der Waals surface area contributed by atoms with Crippen molar-refractivity contribution >= 4 is 23.0 Å². The highest BCUT2D eigenvalue weighted by Crippen LogP contribution is 2.34. The summed E-state index contributed by atoms with van der Waals surface area (Å²) < 4.78 is 0. The zero-order chi connectivity index (χ0) is 13.1. The van der Waals surface area contributed by atoms with Crippen LogP contribution >= 0.6 is 11.6 Å². The van der Waals surface area contributed by atoms with E-state index in [9.17, 15) is 10.1 Å². The highest BCUT2D eigenvalue weighted by atomic mass is 35.5. The van der Waals surface area contributed by atoms with Crippen molar-refractivity contribution in [3.63, 3.8) is 0 Å². The van der Waals surface area contributed by atoms with Crippen LogP contribution < -0.4 is 11.1 Å². The molecule has 6 heteroatoms. The predicted octanol–water partition coefficient (Wildman–Crippen LogP) is 2.93. The number of benzene rings is 1. The topological polar surface area (TPSA) is 81.2 Å². The molecule has 0 aliphatic heterocycles. The van der Waals surface area contributed by atoms with Crippen LogP contribution in [0.25, 0.3) is 0 Å². The maximum Gasteiger partial charge on any atom is 0.310 e. The van der Waals surface area contributed by atoms with Gasteiger partial charge in [-0.15, -0.1) is 0 Å². The zero-order valence-electron chi connectivity index (χ0n) is 9.93. The van der Waals surface area contributed by atoms with Gasteiger partial charge in [-0.2, -0.15) is 0 Å². The van der Waals surface area contributed by atoms with Crippen molar-refractivity contribution in [2.75, 3.05) is 5.32 Å². The summed E-state index contributed by atoms with van der Waals surface area (Å²) in [5.74, 6) is 0. The van der Waals surface area contributed by atoms with Crippen molar-refractivity contribution in [3.05, 3.63) is 33.3 Å². The molecular weight excluding hydrogens is 254 g/mol. The molecule has 0 aromatic heterocycles. The number of nitrogens with two attached hydrogens (primary N) is 1. The van der Waals surface area contributed by atoms with Crippen molar-refractivity contribution in [2.45, 2.75) is 37.8 Å². The highest BCUT2D eigenvalue weighted by molar-refractivity contribution is 6.33. The molecule has 1 saturated carbocycles. The summed E-state index contributed by atoms with van der Waals surface area (Å²) in [6.45, 7) is 0. The molecule has 1 aliphatic carbocycles. The number of para-hydroxylation sites is 1. The van der Waals surface area contributed by atoms with Gasteiger partial charge >= 0.3 is 5.69 Å². The number of nitrogens with zero attached hydrogens (tertiary/aromatic N) is 1. The van der Waals surface area contributed by atoms with Gasteiger partial charge in [-0.25, -0.2) is 0 Å². The van der Waals surface area contributed by atoms with Crippen LogP contribution in [0.15, 0.2) is 18.2 Å². The maximum absolute atomic E-state index is 11.0. The van der Waals surface area contributed by atoms with Crippen LogP contribution in [0, 0.1) is 10.1 Å². The molecule has 5 nitrogen and oxygen atoms in total. The van der Waals surface area contributed by atoms with E-state index in [0.717, 1.165) is 25.7 Å². The molecule has 0 amide bonds. The number of halogens is 1. The van der Waals surface area contributed by atoms with Crippen LogP contribution in [0.5, 0.6) is 0 Å². The van der Waals surface area contributed by atoms with Crippen LogP contribution in [0.1, 0.15) is 25.7 Å². The van der Waals surface area contributed by atoms with Gasteiger partial charge in [-0.05, 0) is 37.8 Å². The molecule has 0 radical (unpaired) electrons. The molecule has 1 aromatic rings. The molecule has 0 heterocycles. The Morgan fingerprint density at radius 2 is 2.00 bits per heavy atom. The van der Waals surface area contributed by atoms with Gasteiger partial charge in [0, 0.05) is 12.1 Å². The molecule has 3 N–H and O–H groups in total. The summed E-state index contributed by atoms with van der Waals surface area (Å²) in [6, 6.07) is 5.44. The fourth-order valence-electron chi connectivity index (χ4n) is 2.30. The molecular formula is C12H16ClN3O2. The van der Waals surface area contributed by atoms with Crippen LogP contribution in [-0.4, -0.2) is 17.0 Å². The highest BCUT2D eigenvalue weighted by Gasteiger charge is 2.23. The number of nitro benzene ring substituents is 1. The molecule has 0 spiro atoms. The third kappa shape index (κ3) is 2.91. The molecule has 1 aromatic carbocycles. The predicted molar refractivity (Wildman–Crippen MR) is 72.0 cm³/mol. The fourth-order valence-corrected chi connectivity index (χ4v) is 2.54. The lowest BCUT2D eigenvalue weighted by molar-refractivity contribution is -0.383. The van der Waals surface area contributed by atoms with Gasteiger partial charge in [0.2, 0.25) is 0 Å². The number of nitro groups is 1. The molecule has 1 fully saturated rings. The minimum absolute atomic E-state index is 0.0472. The molecule has 18 heavy (non-hydrogen) atoms. The Morgan fingerprint density at radius 1 is 1.33 bits per heavy atom. The number of hydrogen-bond donors (Lipinski definition) is 2. The third-order valence-corrected chi connectivity index (χ3v) is 3.61. The number of anilines is 1.